The van der Waals surface area contributed by atoms with E-state index in [0.717, 1.165) is 68.0 Å². The van der Waals surface area contributed by atoms with Crippen LogP contribution in [0.3, 0.4) is 0 Å². The molecule has 0 aliphatic heterocycles. The number of hydrogen-bond donors (Lipinski definition) is 0. The molecule has 0 amide bonds. The fourth-order valence-electron chi connectivity index (χ4n) is 10.1. The van der Waals surface area contributed by atoms with E-state index in [4.69, 9.17) is 19.9 Å². The molecule has 4 bridgehead atoms. The quantitative estimate of drug-likeness (QED) is 0.162. The number of nitriles is 2. The van der Waals surface area contributed by atoms with Crippen molar-refractivity contribution in [3.63, 3.8) is 0 Å². The molecule has 0 saturated heterocycles. The topological polar surface area (TPSA) is 99.1 Å². The van der Waals surface area contributed by atoms with Gasteiger partial charge in [0, 0.05) is 28.5 Å². The first kappa shape index (κ1) is 33.8. The number of aromatic nitrogens is 4. The van der Waals surface area contributed by atoms with E-state index in [0.29, 0.717) is 34.0 Å². The lowest BCUT2D eigenvalue weighted by molar-refractivity contribution is -0.00518. The average Bonchev–Trinajstić information content (AvgIpc) is 3.26. The Balaban J connectivity index is 1.09. The fourth-order valence-corrected chi connectivity index (χ4v) is 10.1. The normalized spacial score (nSPS) is 20.6. The van der Waals surface area contributed by atoms with Gasteiger partial charge in [-0.1, -0.05) is 84.9 Å². The van der Waals surface area contributed by atoms with Gasteiger partial charge in [0.1, 0.15) is 6.07 Å². The Morgan fingerprint density at radius 2 is 0.964 bits per heavy atom. The minimum absolute atomic E-state index is 0.333. The molecule has 2 heterocycles. The predicted molar refractivity (Wildman–Crippen MR) is 220 cm³/mol. The smallest absolute Gasteiger partial charge is 0.164 e. The highest BCUT2D eigenvalue weighted by molar-refractivity contribution is 5.80. The van der Waals surface area contributed by atoms with Crippen LogP contribution in [0, 0.1) is 40.4 Å². The first-order valence-electron chi connectivity index (χ1n) is 19.6. The van der Waals surface area contributed by atoms with Gasteiger partial charge in [-0.15, -0.1) is 0 Å². The van der Waals surface area contributed by atoms with Crippen LogP contribution in [0.25, 0.3) is 67.7 Å². The summed E-state index contributed by atoms with van der Waals surface area (Å²) >= 11 is 0. The first-order valence-corrected chi connectivity index (χ1v) is 19.6. The summed E-state index contributed by atoms with van der Waals surface area (Å²) in [6.45, 7) is 0. The van der Waals surface area contributed by atoms with E-state index in [1.54, 1.807) is 6.20 Å². The SMILES string of the molecule is N#Cc1ccc(-c2cccc(-c3nc(-c4ccccc4)nc(-c4cc(-c5ccc(C67CC8CC(CC(C8)C6)C7)cc5)cc(-c5ccc(C#N)cn5)c4)n3)c2)cc1. The molecule has 0 spiro atoms. The molecule has 4 aliphatic carbocycles. The molecule has 11 rings (SSSR count). The molecular weight excluding hydrogens is 685 g/mol. The minimum Gasteiger partial charge on any atom is -0.255 e. The fraction of sp³-hybridized carbons (Fsp3) is 0.200. The molecule has 4 fully saturated rings. The number of benzene rings is 5. The molecule has 268 valence electrons. The molecule has 0 N–H and O–H groups in total. The maximum absolute atomic E-state index is 9.49. The zero-order valence-electron chi connectivity index (χ0n) is 30.9. The molecule has 6 heteroatoms. The maximum atomic E-state index is 9.49. The Morgan fingerprint density at radius 1 is 0.446 bits per heavy atom. The molecule has 5 aromatic carbocycles. The highest BCUT2D eigenvalue weighted by Gasteiger charge is 2.51. The van der Waals surface area contributed by atoms with Crippen molar-refractivity contribution < 1.29 is 0 Å². The van der Waals surface area contributed by atoms with Crippen LogP contribution >= 0.6 is 0 Å². The summed E-state index contributed by atoms with van der Waals surface area (Å²) in [5.74, 6) is 4.38. The number of nitrogens with zero attached hydrogens (tertiary/aromatic N) is 6. The van der Waals surface area contributed by atoms with Crippen LogP contribution < -0.4 is 0 Å². The van der Waals surface area contributed by atoms with Crippen LogP contribution in [0.1, 0.15) is 55.2 Å². The molecule has 7 aromatic rings. The third kappa shape index (κ3) is 6.34. The van der Waals surface area contributed by atoms with E-state index < -0.39 is 0 Å². The van der Waals surface area contributed by atoms with E-state index in [1.807, 2.05) is 78.9 Å². The van der Waals surface area contributed by atoms with Gasteiger partial charge in [-0.25, -0.2) is 15.0 Å². The standard InChI is InChI=1S/C50H38N6/c51-29-32-9-12-37(13-10-32)40-7-4-8-41(22-40)48-54-47(39-5-2-1-3-6-39)55-49(56-48)44-24-42(23-43(25-44)46-18-11-33(30-52)31-53-46)38-14-16-45(17-15-38)50-26-34-19-35(27-50)21-36(20-34)28-50/h1-18,22-25,31,34-36H,19-21,26-28H2. The van der Waals surface area contributed by atoms with Gasteiger partial charge in [-0.05, 0) is 138 Å². The maximum Gasteiger partial charge on any atom is 0.164 e. The second-order valence-corrected chi connectivity index (χ2v) is 16.1. The van der Waals surface area contributed by atoms with Crippen molar-refractivity contribution >= 4 is 0 Å². The monoisotopic (exact) mass is 722 g/mol. The number of hydrogen-bond acceptors (Lipinski definition) is 6. The van der Waals surface area contributed by atoms with Crippen molar-refractivity contribution in [1.29, 1.82) is 10.5 Å². The van der Waals surface area contributed by atoms with Crippen molar-refractivity contribution in [3.8, 4) is 79.8 Å². The van der Waals surface area contributed by atoms with E-state index in [-0.39, 0.29) is 0 Å². The van der Waals surface area contributed by atoms with Crippen LogP contribution in [0.2, 0.25) is 0 Å². The number of rotatable bonds is 7. The van der Waals surface area contributed by atoms with E-state index >= 15 is 0 Å². The minimum atomic E-state index is 0.333. The van der Waals surface area contributed by atoms with Crippen molar-refractivity contribution in [3.05, 3.63) is 156 Å². The number of pyridine rings is 1. The van der Waals surface area contributed by atoms with Gasteiger partial charge in [-0.2, -0.15) is 10.5 Å². The summed E-state index contributed by atoms with van der Waals surface area (Å²) in [6.07, 6.45) is 9.94. The molecule has 4 aliphatic rings. The van der Waals surface area contributed by atoms with Crippen LogP contribution in [-0.2, 0) is 5.41 Å². The summed E-state index contributed by atoms with van der Waals surface area (Å²) in [6, 6.07) is 49.7. The summed E-state index contributed by atoms with van der Waals surface area (Å²) in [5.41, 5.74) is 11.4. The molecule has 6 nitrogen and oxygen atoms in total. The van der Waals surface area contributed by atoms with E-state index in [1.165, 1.54) is 44.1 Å². The third-order valence-electron chi connectivity index (χ3n) is 12.4. The van der Waals surface area contributed by atoms with Crippen LogP contribution in [-0.4, -0.2) is 19.9 Å². The van der Waals surface area contributed by atoms with Gasteiger partial charge in [-0.3, -0.25) is 4.98 Å². The lowest BCUT2D eigenvalue weighted by atomic mass is 9.48. The lowest BCUT2D eigenvalue weighted by Gasteiger charge is -2.57. The largest absolute Gasteiger partial charge is 0.255 e. The van der Waals surface area contributed by atoms with Gasteiger partial charge >= 0.3 is 0 Å². The Kier molecular flexibility index (Phi) is 8.34. The highest BCUT2D eigenvalue weighted by atomic mass is 15.0. The summed E-state index contributed by atoms with van der Waals surface area (Å²) in [7, 11) is 0. The summed E-state index contributed by atoms with van der Waals surface area (Å²) in [4.78, 5) is 20.0. The zero-order valence-corrected chi connectivity index (χ0v) is 30.9. The molecule has 0 unspecified atom stereocenters. The zero-order chi connectivity index (χ0) is 37.6. The Labute approximate surface area is 327 Å². The van der Waals surface area contributed by atoms with Gasteiger partial charge in [0.25, 0.3) is 0 Å². The van der Waals surface area contributed by atoms with Crippen molar-refractivity contribution in [2.24, 2.45) is 17.8 Å². The predicted octanol–water partition coefficient (Wildman–Crippen LogP) is 11.5. The first-order chi connectivity index (χ1) is 27.5. The molecular formula is C50H38N6. The van der Waals surface area contributed by atoms with E-state index in [2.05, 4.69) is 66.7 Å². The van der Waals surface area contributed by atoms with Gasteiger partial charge in [0.15, 0.2) is 17.5 Å². The molecule has 0 radical (unpaired) electrons. The van der Waals surface area contributed by atoms with Crippen LogP contribution in [0.15, 0.2) is 140 Å². The van der Waals surface area contributed by atoms with Gasteiger partial charge in [0.05, 0.1) is 22.9 Å². The summed E-state index contributed by atoms with van der Waals surface area (Å²) in [5, 5.41) is 18.8. The highest BCUT2D eigenvalue weighted by Crippen LogP contribution is 2.60. The van der Waals surface area contributed by atoms with Crippen molar-refractivity contribution in [2.75, 3.05) is 0 Å². The second-order valence-electron chi connectivity index (χ2n) is 16.1. The van der Waals surface area contributed by atoms with Crippen molar-refractivity contribution in [2.45, 2.75) is 43.9 Å². The lowest BCUT2D eigenvalue weighted by Crippen LogP contribution is -2.48. The van der Waals surface area contributed by atoms with Crippen LogP contribution in [0.5, 0.6) is 0 Å². The molecule has 0 atom stereocenters. The Bertz CT molecular complexity index is 2630. The summed E-state index contributed by atoms with van der Waals surface area (Å²) < 4.78 is 0. The van der Waals surface area contributed by atoms with E-state index in [9.17, 15) is 10.5 Å². The Hall–Kier alpha value is -6.76. The molecule has 56 heavy (non-hydrogen) atoms. The second kappa shape index (κ2) is 13.8. The average molecular weight is 723 g/mol. The third-order valence-corrected chi connectivity index (χ3v) is 12.4. The molecule has 4 saturated carbocycles. The Morgan fingerprint density at radius 3 is 1.61 bits per heavy atom. The van der Waals surface area contributed by atoms with Crippen LogP contribution in [0.4, 0.5) is 0 Å². The van der Waals surface area contributed by atoms with Gasteiger partial charge in [0.2, 0.25) is 0 Å². The van der Waals surface area contributed by atoms with Crippen molar-refractivity contribution in [1.82, 2.24) is 19.9 Å². The molecule has 2 aromatic heterocycles. The van der Waals surface area contributed by atoms with Gasteiger partial charge < -0.3 is 0 Å².